The van der Waals surface area contributed by atoms with Crippen molar-refractivity contribution >= 4 is 11.6 Å². The fraction of sp³-hybridized carbons (Fsp3) is 0.500. The van der Waals surface area contributed by atoms with Crippen LogP contribution < -0.4 is 5.56 Å². The van der Waals surface area contributed by atoms with E-state index in [-0.39, 0.29) is 16.8 Å². The molecule has 1 fully saturated rings. The minimum absolute atomic E-state index is 0.132. The van der Waals surface area contributed by atoms with Crippen molar-refractivity contribution in [1.29, 1.82) is 0 Å². The molecule has 0 aliphatic carbocycles. The molecule has 5 heteroatoms. The highest BCUT2D eigenvalue weighted by atomic mass is 35.5. The van der Waals surface area contributed by atoms with Gasteiger partial charge in [0.05, 0.1) is 6.61 Å². The third kappa shape index (κ3) is 1.73. The number of ether oxygens (including phenoxy) is 1. The van der Waals surface area contributed by atoms with Crippen LogP contribution >= 0.6 is 11.6 Å². The molecule has 1 aromatic rings. The van der Waals surface area contributed by atoms with Gasteiger partial charge in [0.1, 0.15) is 0 Å². The smallest absolute Gasteiger partial charge is 0.255 e. The first kappa shape index (κ1) is 8.72. The molecule has 70 valence electrons. The van der Waals surface area contributed by atoms with E-state index in [1.165, 1.54) is 6.20 Å². The topological polar surface area (TPSA) is 55.0 Å². The summed E-state index contributed by atoms with van der Waals surface area (Å²) in [7, 11) is 0. The summed E-state index contributed by atoms with van der Waals surface area (Å²) < 4.78 is 5.18. The van der Waals surface area contributed by atoms with E-state index in [0.717, 1.165) is 6.42 Å². The molecule has 0 spiro atoms. The lowest BCUT2D eigenvalue weighted by molar-refractivity contribution is 0.193. The molecule has 1 aliphatic rings. The molecule has 0 amide bonds. The summed E-state index contributed by atoms with van der Waals surface area (Å²) in [6.45, 7) is 1.32. The van der Waals surface area contributed by atoms with Crippen LogP contribution in [0, 0.1) is 0 Å². The Hall–Kier alpha value is -0.870. The maximum absolute atomic E-state index is 11.4. The standard InChI is InChI=1S/C8H9ClN2O2/c9-8-10-3-6(7(12)11-8)5-1-2-13-4-5/h3,5H,1-2,4H2,(H,10,11,12). The molecule has 0 radical (unpaired) electrons. The Morgan fingerprint density at radius 1 is 1.69 bits per heavy atom. The molecule has 1 saturated heterocycles. The number of aromatic nitrogens is 2. The zero-order valence-corrected chi connectivity index (χ0v) is 7.67. The number of nitrogens with one attached hydrogen (secondary N) is 1. The highest BCUT2D eigenvalue weighted by molar-refractivity contribution is 6.28. The van der Waals surface area contributed by atoms with E-state index < -0.39 is 0 Å². The zero-order chi connectivity index (χ0) is 9.26. The van der Waals surface area contributed by atoms with Gasteiger partial charge in [0.25, 0.3) is 5.56 Å². The second-order valence-corrected chi connectivity index (χ2v) is 3.38. The van der Waals surface area contributed by atoms with Gasteiger partial charge in [-0.15, -0.1) is 0 Å². The fourth-order valence-electron chi connectivity index (χ4n) is 1.45. The van der Waals surface area contributed by atoms with Gasteiger partial charge in [-0.3, -0.25) is 9.78 Å². The quantitative estimate of drug-likeness (QED) is 0.687. The summed E-state index contributed by atoms with van der Waals surface area (Å²) >= 11 is 5.53. The van der Waals surface area contributed by atoms with Gasteiger partial charge in [-0.25, -0.2) is 4.98 Å². The van der Waals surface area contributed by atoms with E-state index in [1.54, 1.807) is 0 Å². The summed E-state index contributed by atoms with van der Waals surface area (Å²) in [5.41, 5.74) is 0.511. The number of nitrogens with zero attached hydrogens (tertiary/aromatic N) is 1. The van der Waals surface area contributed by atoms with Crippen LogP contribution in [0.1, 0.15) is 17.9 Å². The molecule has 1 aromatic heterocycles. The van der Waals surface area contributed by atoms with Gasteiger partial charge in [-0.2, -0.15) is 0 Å². The van der Waals surface area contributed by atoms with Crippen molar-refractivity contribution in [2.75, 3.05) is 13.2 Å². The maximum atomic E-state index is 11.4. The Kier molecular flexibility index (Phi) is 2.33. The van der Waals surface area contributed by atoms with E-state index in [1.807, 2.05) is 0 Å². The van der Waals surface area contributed by atoms with Crippen LogP contribution in [0.4, 0.5) is 0 Å². The highest BCUT2D eigenvalue weighted by Gasteiger charge is 2.20. The van der Waals surface area contributed by atoms with E-state index in [0.29, 0.717) is 18.8 Å². The van der Waals surface area contributed by atoms with Crippen LogP contribution in [0.5, 0.6) is 0 Å². The summed E-state index contributed by atoms with van der Waals surface area (Å²) in [5.74, 6) is 0.175. The lowest BCUT2D eigenvalue weighted by atomic mass is 10.0. The Morgan fingerprint density at radius 2 is 2.54 bits per heavy atom. The molecule has 2 heterocycles. The van der Waals surface area contributed by atoms with E-state index >= 15 is 0 Å². The average molecular weight is 201 g/mol. The second kappa shape index (κ2) is 3.47. The highest BCUT2D eigenvalue weighted by Crippen LogP contribution is 2.21. The molecule has 0 saturated carbocycles. The van der Waals surface area contributed by atoms with Gasteiger partial charge in [-0.05, 0) is 18.0 Å². The molecule has 0 aromatic carbocycles. The minimum atomic E-state index is -0.157. The number of hydrogen-bond acceptors (Lipinski definition) is 3. The lowest BCUT2D eigenvalue weighted by Gasteiger charge is -2.04. The first-order valence-corrected chi connectivity index (χ1v) is 4.47. The number of aromatic amines is 1. The number of H-pyrrole nitrogens is 1. The van der Waals surface area contributed by atoms with E-state index in [9.17, 15) is 4.79 Å². The number of rotatable bonds is 1. The molecule has 1 atom stereocenters. The fourth-order valence-corrected chi connectivity index (χ4v) is 1.59. The molecular weight excluding hydrogens is 192 g/mol. The molecule has 0 bridgehead atoms. The van der Waals surface area contributed by atoms with Gasteiger partial charge in [0, 0.05) is 24.3 Å². The summed E-state index contributed by atoms with van der Waals surface area (Å²) in [6, 6.07) is 0. The van der Waals surface area contributed by atoms with Crippen LogP contribution in [0.15, 0.2) is 11.0 Å². The minimum Gasteiger partial charge on any atom is -0.381 e. The van der Waals surface area contributed by atoms with Crippen LogP contribution in [-0.4, -0.2) is 23.2 Å². The SMILES string of the molecule is O=c1[nH]c(Cl)ncc1C1CCOC1. The largest absolute Gasteiger partial charge is 0.381 e. The van der Waals surface area contributed by atoms with Gasteiger partial charge >= 0.3 is 0 Å². The van der Waals surface area contributed by atoms with Crippen molar-refractivity contribution in [3.63, 3.8) is 0 Å². The van der Waals surface area contributed by atoms with Crippen molar-refractivity contribution < 1.29 is 4.74 Å². The van der Waals surface area contributed by atoms with Gasteiger partial charge in [0.15, 0.2) is 0 Å². The van der Waals surface area contributed by atoms with Crippen LogP contribution in [0.2, 0.25) is 5.28 Å². The Labute approximate surface area is 79.9 Å². The van der Waals surface area contributed by atoms with Crippen molar-refractivity contribution in [3.8, 4) is 0 Å². The summed E-state index contributed by atoms with van der Waals surface area (Å²) in [4.78, 5) is 17.7. The third-order valence-corrected chi connectivity index (χ3v) is 2.36. The number of hydrogen-bond donors (Lipinski definition) is 1. The van der Waals surface area contributed by atoms with E-state index in [2.05, 4.69) is 9.97 Å². The molecule has 1 N–H and O–H groups in total. The Morgan fingerprint density at radius 3 is 3.15 bits per heavy atom. The first-order chi connectivity index (χ1) is 6.27. The first-order valence-electron chi connectivity index (χ1n) is 4.10. The van der Waals surface area contributed by atoms with Crippen molar-refractivity contribution in [2.45, 2.75) is 12.3 Å². The van der Waals surface area contributed by atoms with Crippen molar-refractivity contribution in [3.05, 3.63) is 27.4 Å². The number of halogens is 1. The molecule has 13 heavy (non-hydrogen) atoms. The Balaban J connectivity index is 2.34. The van der Waals surface area contributed by atoms with Gasteiger partial charge < -0.3 is 4.74 Å². The van der Waals surface area contributed by atoms with Crippen LogP contribution in [0.25, 0.3) is 0 Å². The van der Waals surface area contributed by atoms with Gasteiger partial charge in [-0.1, -0.05) is 0 Å². The maximum Gasteiger partial charge on any atom is 0.255 e. The third-order valence-electron chi connectivity index (χ3n) is 2.17. The molecule has 4 nitrogen and oxygen atoms in total. The molecular formula is C8H9ClN2O2. The predicted molar refractivity (Wildman–Crippen MR) is 48.0 cm³/mol. The summed E-state index contributed by atoms with van der Waals surface area (Å²) in [6.07, 6.45) is 2.41. The van der Waals surface area contributed by atoms with Crippen molar-refractivity contribution in [2.24, 2.45) is 0 Å². The normalized spacial score (nSPS) is 22.1. The molecule has 2 rings (SSSR count). The zero-order valence-electron chi connectivity index (χ0n) is 6.92. The summed E-state index contributed by atoms with van der Waals surface area (Å²) in [5, 5.41) is 0.132. The van der Waals surface area contributed by atoms with Gasteiger partial charge in [0.2, 0.25) is 5.28 Å². The van der Waals surface area contributed by atoms with Crippen LogP contribution in [-0.2, 0) is 4.74 Å². The Bertz CT molecular complexity index is 357. The van der Waals surface area contributed by atoms with Crippen LogP contribution in [0.3, 0.4) is 0 Å². The molecule has 1 aliphatic heterocycles. The van der Waals surface area contributed by atoms with Crippen molar-refractivity contribution in [1.82, 2.24) is 9.97 Å². The second-order valence-electron chi connectivity index (χ2n) is 3.02. The monoisotopic (exact) mass is 200 g/mol. The molecule has 1 unspecified atom stereocenters. The average Bonchev–Trinajstić information content (AvgIpc) is 2.56. The predicted octanol–water partition coefficient (Wildman–Crippen LogP) is 0.927. The lowest BCUT2D eigenvalue weighted by Crippen LogP contribution is -2.17. The van der Waals surface area contributed by atoms with E-state index in [4.69, 9.17) is 16.3 Å².